The number of anilines is 1. The molecule has 0 radical (unpaired) electrons. The molecule has 1 N–H and O–H groups in total. The largest absolute Gasteiger partial charge is 0.324 e. The number of sulfone groups is 1. The monoisotopic (exact) mass is 356 g/mol. The van der Waals surface area contributed by atoms with Crippen LogP contribution in [0.3, 0.4) is 0 Å². The van der Waals surface area contributed by atoms with Crippen molar-refractivity contribution in [1.29, 1.82) is 0 Å². The van der Waals surface area contributed by atoms with Crippen LogP contribution < -0.4 is 5.32 Å². The zero-order valence-corrected chi connectivity index (χ0v) is 14.1. The number of imidazole rings is 1. The highest BCUT2D eigenvalue weighted by Gasteiger charge is 2.32. The third-order valence-electron chi connectivity index (χ3n) is 4.32. The molecule has 1 saturated heterocycles. The van der Waals surface area contributed by atoms with E-state index in [0.29, 0.717) is 17.9 Å². The fourth-order valence-corrected chi connectivity index (χ4v) is 4.73. The standard InChI is InChI=1S/C17H16N4O3S/c22-17(12-7-8-25(23,24)10-12)20-13-5-6-16(18-9-13)21-11-19-14-3-1-2-4-15(14)21/h1-6,9,11-12H,7-8,10H2,(H,20,22)/t12-/m0/s1. The molecule has 2 aromatic heterocycles. The van der Waals surface area contributed by atoms with E-state index in [4.69, 9.17) is 0 Å². The van der Waals surface area contributed by atoms with Crippen LogP contribution in [0.15, 0.2) is 48.9 Å². The highest BCUT2D eigenvalue weighted by atomic mass is 32.2. The molecule has 1 aliphatic rings. The first-order valence-electron chi connectivity index (χ1n) is 7.92. The van der Waals surface area contributed by atoms with Crippen LogP contribution >= 0.6 is 0 Å². The molecule has 1 amide bonds. The summed E-state index contributed by atoms with van der Waals surface area (Å²) in [5.41, 5.74) is 2.37. The third kappa shape index (κ3) is 3.12. The number of pyridine rings is 1. The van der Waals surface area contributed by atoms with Crippen LogP contribution in [0, 0.1) is 5.92 Å². The number of benzene rings is 1. The van der Waals surface area contributed by atoms with Crippen LogP contribution in [0.25, 0.3) is 16.9 Å². The number of nitrogens with zero attached hydrogens (tertiary/aromatic N) is 3. The van der Waals surface area contributed by atoms with Crippen molar-refractivity contribution >= 4 is 32.5 Å². The number of para-hydroxylation sites is 2. The molecular weight excluding hydrogens is 340 g/mol. The molecular formula is C17H16N4O3S. The molecule has 1 aromatic carbocycles. The van der Waals surface area contributed by atoms with E-state index in [1.54, 1.807) is 24.7 Å². The van der Waals surface area contributed by atoms with Crippen molar-refractivity contribution in [2.75, 3.05) is 16.8 Å². The molecule has 1 aliphatic heterocycles. The lowest BCUT2D eigenvalue weighted by atomic mass is 10.1. The smallest absolute Gasteiger partial charge is 0.228 e. The molecule has 0 bridgehead atoms. The summed E-state index contributed by atoms with van der Waals surface area (Å²) in [6.07, 6.45) is 3.64. The number of amides is 1. The van der Waals surface area contributed by atoms with Crippen molar-refractivity contribution in [2.24, 2.45) is 5.92 Å². The van der Waals surface area contributed by atoms with Crippen LogP contribution in [0.5, 0.6) is 0 Å². The number of carbonyl (C=O) groups is 1. The molecule has 8 heteroatoms. The van der Waals surface area contributed by atoms with Crippen LogP contribution in [0.2, 0.25) is 0 Å². The molecule has 0 aliphatic carbocycles. The van der Waals surface area contributed by atoms with Crippen LogP contribution in [-0.4, -0.2) is 40.4 Å². The Morgan fingerprint density at radius 1 is 1.16 bits per heavy atom. The summed E-state index contributed by atoms with van der Waals surface area (Å²) in [6, 6.07) is 11.3. The maximum Gasteiger partial charge on any atom is 0.228 e. The van der Waals surface area contributed by atoms with Gasteiger partial charge in [-0.15, -0.1) is 0 Å². The Morgan fingerprint density at radius 2 is 2.00 bits per heavy atom. The molecule has 7 nitrogen and oxygen atoms in total. The van der Waals surface area contributed by atoms with Gasteiger partial charge in [0.1, 0.15) is 12.1 Å². The van der Waals surface area contributed by atoms with E-state index in [2.05, 4.69) is 15.3 Å². The lowest BCUT2D eigenvalue weighted by Crippen LogP contribution is -2.23. The van der Waals surface area contributed by atoms with E-state index < -0.39 is 15.8 Å². The van der Waals surface area contributed by atoms with Crippen molar-refractivity contribution in [3.8, 4) is 5.82 Å². The van der Waals surface area contributed by atoms with Gasteiger partial charge in [0.05, 0.1) is 40.3 Å². The first-order valence-corrected chi connectivity index (χ1v) is 9.74. The lowest BCUT2D eigenvalue weighted by molar-refractivity contribution is -0.119. The minimum absolute atomic E-state index is 0.0780. The van der Waals surface area contributed by atoms with E-state index in [-0.39, 0.29) is 17.4 Å². The van der Waals surface area contributed by atoms with Crippen molar-refractivity contribution < 1.29 is 13.2 Å². The number of fused-ring (bicyclic) bond motifs is 1. The topological polar surface area (TPSA) is 93.9 Å². The Kier molecular flexibility index (Phi) is 3.76. The number of carbonyl (C=O) groups excluding carboxylic acids is 1. The molecule has 128 valence electrons. The quantitative estimate of drug-likeness (QED) is 0.772. The van der Waals surface area contributed by atoms with Gasteiger partial charge in [0.2, 0.25) is 5.91 Å². The number of hydrogen-bond acceptors (Lipinski definition) is 5. The third-order valence-corrected chi connectivity index (χ3v) is 6.09. The lowest BCUT2D eigenvalue weighted by Gasteiger charge is -2.10. The van der Waals surface area contributed by atoms with Gasteiger partial charge in [0.25, 0.3) is 0 Å². The van der Waals surface area contributed by atoms with Crippen molar-refractivity contribution in [3.05, 3.63) is 48.9 Å². The molecule has 3 aromatic rings. The fourth-order valence-electron chi connectivity index (χ4n) is 2.99. The van der Waals surface area contributed by atoms with Gasteiger partial charge >= 0.3 is 0 Å². The van der Waals surface area contributed by atoms with Gasteiger partial charge < -0.3 is 5.32 Å². The van der Waals surface area contributed by atoms with Gasteiger partial charge in [-0.2, -0.15) is 0 Å². The Labute approximate surface area is 144 Å². The maximum atomic E-state index is 12.2. The summed E-state index contributed by atoms with van der Waals surface area (Å²) in [7, 11) is -3.08. The second-order valence-corrected chi connectivity index (χ2v) is 8.33. The fraction of sp³-hybridized carbons (Fsp3) is 0.235. The van der Waals surface area contributed by atoms with Crippen LogP contribution in [0.4, 0.5) is 5.69 Å². The van der Waals surface area contributed by atoms with Gasteiger partial charge in [-0.3, -0.25) is 9.36 Å². The predicted molar refractivity (Wildman–Crippen MR) is 94.3 cm³/mol. The van der Waals surface area contributed by atoms with E-state index in [9.17, 15) is 13.2 Å². The average molecular weight is 356 g/mol. The second kappa shape index (κ2) is 5.96. The molecule has 1 fully saturated rings. The van der Waals surface area contributed by atoms with E-state index in [1.165, 1.54) is 0 Å². The van der Waals surface area contributed by atoms with Crippen molar-refractivity contribution in [2.45, 2.75) is 6.42 Å². The number of aromatic nitrogens is 3. The van der Waals surface area contributed by atoms with E-state index in [1.807, 2.05) is 28.8 Å². The first-order chi connectivity index (χ1) is 12.0. The average Bonchev–Trinajstić information content (AvgIpc) is 3.19. The minimum Gasteiger partial charge on any atom is -0.324 e. The molecule has 0 unspecified atom stereocenters. The summed E-state index contributed by atoms with van der Waals surface area (Å²) in [5, 5.41) is 2.74. The first kappa shape index (κ1) is 15.8. The zero-order valence-electron chi connectivity index (χ0n) is 13.3. The van der Waals surface area contributed by atoms with Crippen LogP contribution in [-0.2, 0) is 14.6 Å². The Morgan fingerprint density at radius 3 is 2.72 bits per heavy atom. The molecule has 0 saturated carbocycles. The Balaban J connectivity index is 1.52. The predicted octanol–water partition coefficient (Wildman–Crippen LogP) is 1.79. The Bertz CT molecular complexity index is 1040. The SMILES string of the molecule is O=C(Nc1ccc(-n2cnc3ccccc32)nc1)[C@H]1CCS(=O)(=O)C1. The van der Waals surface area contributed by atoms with E-state index >= 15 is 0 Å². The molecule has 25 heavy (non-hydrogen) atoms. The normalized spacial score (nSPS) is 19.1. The highest BCUT2D eigenvalue weighted by molar-refractivity contribution is 7.91. The number of nitrogens with one attached hydrogen (secondary N) is 1. The molecule has 0 spiro atoms. The highest BCUT2D eigenvalue weighted by Crippen LogP contribution is 2.21. The summed E-state index contributed by atoms with van der Waals surface area (Å²) in [4.78, 5) is 20.9. The van der Waals surface area contributed by atoms with Crippen molar-refractivity contribution in [3.63, 3.8) is 0 Å². The number of rotatable bonds is 3. The summed E-state index contributed by atoms with van der Waals surface area (Å²) < 4.78 is 24.8. The van der Waals surface area contributed by atoms with Gasteiger partial charge in [-0.05, 0) is 30.7 Å². The number of hydrogen-bond donors (Lipinski definition) is 1. The van der Waals surface area contributed by atoms with Gasteiger partial charge in [0.15, 0.2) is 9.84 Å². The van der Waals surface area contributed by atoms with Gasteiger partial charge in [0, 0.05) is 0 Å². The maximum absolute atomic E-state index is 12.2. The minimum atomic E-state index is -3.08. The van der Waals surface area contributed by atoms with Gasteiger partial charge in [-0.1, -0.05) is 12.1 Å². The molecule has 4 rings (SSSR count). The zero-order chi connectivity index (χ0) is 17.4. The second-order valence-electron chi connectivity index (χ2n) is 6.10. The van der Waals surface area contributed by atoms with E-state index in [0.717, 1.165) is 11.0 Å². The van der Waals surface area contributed by atoms with Crippen molar-refractivity contribution in [1.82, 2.24) is 14.5 Å². The summed E-state index contributed by atoms with van der Waals surface area (Å²) in [6.45, 7) is 0. The van der Waals surface area contributed by atoms with Crippen LogP contribution in [0.1, 0.15) is 6.42 Å². The molecule has 1 atom stereocenters. The Hall–Kier alpha value is -2.74. The molecule has 3 heterocycles. The summed E-state index contributed by atoms with van der Waals surface area (Å²) in [5.74, 6) is -0.0671. The summed E-state index contributed by atoms with van der Waals surface area (Å²) >= 11 is 0. The van der Waals surface area contributed by atoms with Gasteiger partial charge in [-0.25, -0.2) is 18.4 Å².